The van der Waals surface area contributed by atoms with Gasteiger partial charge in [0.15, 0.2) is 0 Å². The predicted octanol–water partition coefficient (Wildman–Crippen LogP) is 9.47. The minimum Gasteiger partial charge on any atom is -0.466 e. The Hall–Kier alpha value is -2.98. The molecule has 4 nitrogen and oxygen atoms in total. The molecule has 1 unspecified atom stereocenters. The summed E-state index contributed by atoms with van der Waals surface area (Å²) in [7, 11) is 0. The molecule has 0 heterocycles. The number of esters is 1. The molecule has 0 amide bonds. The number of ether oxygens (including phenoxy) is 1. The molecule has 0 aliphatic rings. The summed E-state index contributed by atoms with van der Waals surface area (Å²) in [6.45, 7) is 24.7. The molecule has 0 fully saturated rings. The maximum Gasteiger partial charge on any atom is 0.302 e. The molecule has 1 atom stereocenters. The zero-order valence-electron chi connectivity index (χ0n) is 27.5. The molecule has 0 saturated carbocycles. The third-order valence-electron chi connectivity index (χ3n) is 7.97. The van der Waals surface area contributed by atoms with Crippen LogP contribution in [-0.4, -0.2) is 30.0 Å². The van der Waals surface area contributed by atoms with Gasteiger partial charge in [-0.05, 0) is 114 Å². The summed E-state index contributed by atoms with van der Waals surface area (Å²) in [5, 5.41) is 10.6. The van der Waals surface area contributed by atoms with Gasteiger partial charge in [0.1, 0.15) is 0 Å². The largest absolute Gasteiger partial charge is 0.466 e. The van der Waals surface area contributed by atoms with Crippen LogP contribution in [0.3, 0.4) is 0 Å². The van der Waals surface area contributed by atoms with Crippen molar-refractivity contribution in [3.63, 3.8) is 0 Å². The van der Waals surface area contributed by atoms with E-state index in [-0.39, 0.29) is 11.4 Å². The Morgan fingerprint density at radius 3 is 1.93 bits per heavy atom. The minimum atomic E-state index is -0.588. The van der Waals surface area contributed by atoms with Gasteiger partial charge in [-0.25, -0.2) is 0 Å². The van der Waals surface area contributed by atoms with Crippen LogP contribution < -0.4 is 0 Å². The molecule has 0 aromatic heterocycles. The third-order valence-corrected chi connectivity index (χ3v) is 7.97. The van der Waals surface area contributed by atoms with Crippen molar-refractivity contribution in [1.29, 1.82) is 0 Å². The first-order valence-corrected chi connectivity index (χ1v) is 15.2. The lowest BCUT2D eigenvalue weighted by atomic mass is 9.69. The van der Waals surface area contributed by atoms with Gasteiger partial charge < -0.3 is 9.84 Å². The van der Waals surface area contributed by atoms with Crippen LogP contribution in [0, 0.1) is 13.8 Å². The Morgan fingerprint density at radius 2 is 1.51 bits per heavy atom. The lowest BCUT2D eigenvalue weighted by Gasteiger charge is -2.34. The second kappa shape index (κ2) is 17.1. The van der Waals surface area contributed by atoms with Gasteiger partial charge in [-0.15, -0.1) is 0 Å². The SMILES string of the molecule is C=N/C(=C\C=C(C)C)c1ccc(C(CC)(CC)c2ccc(CCC(C)(O)CCC)c(C)c2)cc1C.CCOC(C)=O. The molecule has 226 valence electrons. The van der Waals surface area contributed by atoms with Crippen LogP contribution in [0.1, 0.15) is 121 Å². The quantitative estimate of drug-likeness (QED) is 0.150. The first kappa shape index (κ1) is 36.0. The van der Waals surface area contributed by atoms with Crippen LogP contribution in [0.5, 0.6) is 0 Å². The van der Waals surface area contributed by atoms with E-state index >= 15 is 0 Å². The van der Waals surface area contributed by atoms with Crippen LogP contribution in [0.15, 0.2) is 59.1 Å². The normalized spacial score (nSPS) is 13.0. The smallest absolute Gasteiger partial charge is 0.302 e. The number of hydrogen-bond donors (Lipinski definition) is 1. The molecule has 0 radical (unpaired) electrons. The van der Waals surface area contributed by atoms with E-state index in [0.717, 1.165) is 49.8 Å². The molecular weight excluding hydrogens is 506 g/mol. The average Bonchev–Trinajstić information content (AvgIpc) is 2.90. The van der Waals surface area contributed by atoms with E-state index in [0.29, 0.717) is 6.61 Å². The van der Waals surface area contributed by atoms with Crippen LogP contribution in [0.25, 0.3) is 5.70 Å². The van der Waals surface area contributed by atoms with Gasteiger partial charge in [0, 0.05) is 17.9 Å². The number of hydrogen-bond acceptors (Lipinski definition) is 4. The van der Waals surface area contributed by atoms with Crippen molar-refractivity contribution in [3.05, 3.63) is 87.5 Å². The molecule has 0 aliphatic heterocycles. The molecule has 0 bridgehead atoms. The van der Waals surface area contributed by atoms with Crippen molar-refractivity contribution in [1.82, 2.24) is 0 Å². The van der Waals surface area contributed by atoms with E-state index in [1.807, 2.05) is 6.92 Å². The summed E-state index contributed by atoms with van der Waals surface area (Å²) in [5.41, 5.74) is 9.26. The summed E-state index contributed by atoms with van der Waals surface area (Å²) in [6.07, 6.45) is 9.78. The number of carbonyl (C=O) groups is 1. The highest BCUT2D eigenvalue weighted by Crippen LogP contribution is 2.41. The van der Waals surface area contributed by atoms with E-state index in [1.165, 1.54) is 40.3 Å². The number of aliphatic hydroxyl groups is 1. The van der Waals surface area contributed by atoms with E-state index in [2.05, 4.69) is 113 Å². The Kier molecular flexibility index (Phi) is 15.0. The van der Waals surface area contributed by atoms with Crippen molar-refractivity contribution in [2.45, 2.75) is 119 Å². The summed E-state index contributed by atoms with van der Waals surface area (Å²) < 4.78 is 4.40. The van der Waals surface area contributed by atoms with Gasteiger partial charge >= 0.3 is 5.97 Å². The van der Waals surface area contributed by atoms with Crippen molar-refractivity contribution in [3.8, 4) is 0 Å². The molecule has 2 rings (SSSR count). The molecule has 0 spiro atoms. The molecule has 2 aromatic rings. The van der Waals surface area contributed by atoms with Crippen LogP contribution in [0.4, 0.5) is 0 Å². The molecule has 0 saturated heterocycles. The number of nitrogens with zero attached hydrogens (tertiary/aromatic N) is 1. The van der Waals surface area contributed by atoms with Crippen LogP contribution >= 0.6 is 0 Å². The predicted molar refractivity (Wildman–Crippen MR) is 177 cm³/mol. The number of benzene rings is 2. The van der Waals surface area contributed by atoms with Gasteiger partial charge in [-0.1, -0.05) is 75.2 Å². The van der Waals surface area contributed by atoms with Gasteiger partial charge in [0.2, 0.25) is 0 Å². The zero-order valence-corrected chi connectivity index (χ0v) is 27.5. The fraction of sp³-hybridized carbons (Fsp3) is 0.514. The Bertz CT molecular complexity index is 1190. The van der Waals surface area contributed by atoms with Crippen molar-refractivity contribution in [2.24, 2.45) is 4.99 Å². The highest BCUT2D eigenvalue weighted by Gasteiger charge is 2.31. The van der Waals surface area contributed by atoms with Gasteiger partial charge in [-0.2, -0.15) is 0 Å². The summed E-state index contributed by atoms with van der Waals surface area (Å²) >= 11 is 0. The number of allylic oxidation sites excluding steroid dienone is 3. The van der Waals surface area contributed by atoms with Crippen molar-refractivity contribution >= 4 is 18.4 Å². The third kappa shape index (κ3) is 10.7. The Balaban J connectivity index is 0.00000126. The lowest BCUT2D eigenvalue weighted by Crippen LogP contribution is -2.27. The van der Waals surface area contributed by atoms with Crippen LogP contribution in [-0.2, 0) is 21.4 Å². The Morgan fingerprint density at radius 1 is 0.927 bits per heavy atom. The Labute approximate surface area is 250 Å². The number of aliphatic imine (C=N–C) groups is 1. The number of carbonyl (C=O) groups excluding carboxylic acids is 1. The van der Waals surface area contributed by atoms with E-state index < -0.39 is 5.60 Å². The summed E-state index contributed by atoms with van der Waals surface area (Å²) in [6, 6.07) is 13.8. The number of aryl methyl sites for hydroxylation is 3. The fourth-order valence-electron chi connectivity index (χ4n) is 5.50. The van der Waals surface area contributed by atoms with E-state index in [9.17, 15) is 9.90 Å². The number of rotatable bonds is 13. The summed E-state index contributed by atoms with van der Waals surface area (Å²) in [4.78, 5) is 14.1. The fourth-order valence-corrected chi connectivity index (χ4v) is 5.50. The molecule has 41 heavy (non-hydrogen) atoms. The highest BCUT2D eigenvalue weighted by atomic mass is 16.5. The maximum atomic E-state index is 10.6. The van der Waals surface area contributed by atoms with E-state index in [4.69, 9.17) is 0 Å². The molecule has 4 heteroatoms. The van der Waals surface area contributed by atoms with Crippen molar-refractivity contribution in [2.75, 3.05) is 6.61 Å². The monoisotopic (exact) mass is 561 g/mol. The summed E-state index contributed by atoms with van der Waals surface area (Å²) in [5.74, 6) is -0.211. The second-order valence-electron chi connectivity index (χ2n) is 11.6. The molecular formula is C37H55NO3. The van der Waals surface area contributed by atoms with Crippen LogP contribution in [0.2, 0.25) is 0 Å². The van der Waals surface area contributed by atoms with Gasteiger partial charge in [0.05, 0.1) is 17.9 Å². The first-order valence-electron chi connectivity index (χ1n) is 15.2. The molecule has 2 aromatic carbocycles. The molecule has 1 N–H and O–H groups in total. The maximum absolute atomic E-state index is 10.6. The van der Waals surface area contributed by atoms with Crippen molar-refractivity contribution < 1.29 is 14.6 Å². The molecule has 0 aliphatic carbocycles. The highest BCUT2D eigenvalue weighted by molar-refractivity contribution is 5.72. The van der Waals surface area contributed by atoms with Gasteiger partial charge in [0.25, 0.3) is 0 Å². The first-order chi connectivity index (χ1) is 19.3. The zero-order chi connectivity index (χ0) is 31.2. The van der Waals surface area contributed by atoms with E-state index in [1.54, 1.807) is 6.92 Å². The van der Waals surface area contributed by atoms with Gasteiger partial charge in [-0.3, -0.25) is 9.79 Å². The lowest BCUT2D eigenvalue weighted by molar-refractivity contribution is -0.140. The minimum absolute atomic E-state index is 0.0360. The second-order valence-corrected chi connectivity index (χ2v) is 11.6. The average molecular weight is 562 g/mol. The topological polar surface area (TPSA) is 58.9 Å². The standard InChI is InChI=1S/C33H47NO.C4H8O2/c1-10-20-32(8,35)21-19-27-14-15-28(22-25(27)6)33(11-2,12-3)29-16-17-30(26(7)23-29)31(34-9)18-13-24(4)5;1-3-6-4(2)5/h13-18,22-23,35H,9-12,19-21H2,1-8H3;3H2,1-2H3/b31-18-;.